The quantitative estimate of drug-likeness (QED) is 0.555. The van der Waals surface area contributed by atoms with Crippen molar-refractivity contribution in [1.82, 2.24) is 20.2 Å². The summed E-state index contributed by atoms with van der Waals surface area (Å²) in [5.41, 5.74) is 5.18. The Hall–Kier alpha value is -3.64. The van der Waals surface area contributed by atoms with Crippen molar-refractivity contribution in [2.75, 3.05) is 54.4 Å². The van der Waals surface area contributed by atoms with Gasteiger partial charge < -0.3 is 25.3 Å². The number of para-hydroxylation sites is 1. The smallest absolute Gasteiger partial charge is 0.246 e. The normalized spacial score (nSPS) is 23.1. The molecule has 2 atom stereocenters. The maximum absolute atomic E-state index is 12.5. The molecule has 1 aliphatic carbocycles. The number of aromatic nitrogens is 2. The van der Waals surface area contributed by atoms with Gasteiger partial charge in [-0.3, -0.25) is 4.79 Å². The van der Waals surface area contributed by atoms with E-state index in [-0.39, 0.29) is 11.9 Å². The van der Waals surface area contributed by atoms with Crippen LogP contribution in [0.25, 0.3) is 0 Å². The Balaban J connectivity index is 1.30. The van der Waals surface area contributed by atoms with Crippen LogP contribution in [0.5, 0.6) is 0 Å². The first-order valence-electron chi connectivity index (χ1n) is 14.4. The summed E-state index contributed by atoms with van der Waals surface area (Å²) in [6, 6.07) is 11.7. The zero-order chi connectivity index (χ0) is 26.8. The van der Waals surface area contributed by atoms with E-state index in [4.69, 9.17) is 9.97 Å². The van der Waals surface area contributed by atoms with E-state index >= 15 is 0 Å². The lowest BCUT2D eigenvalue weighted by Crippen LogP contribution is -2.55. The van der Waals surface area contributed by atoms with Gasteiger partial charge in [0.2, 0.25) is 11.9 Å². The third-order valence-corrected chi connectivity index (χ3v) is 8.83. The number of nitriles is 1. The molecule has 2 fully saturated rings. The van der Waals surface area contributed by atoms with E-state index in [0.29, 0.717) is 44.1 Å². The molecule has 1 aromatic carbocycles. The van der Waals surface area contributed by atoms with Gasteiger partial charge in [-0.05, 0) is 62.9 Å². The van der Waals surface area contributed by atoms with Crippen molar-refractivity contribution < 1.29 is 4.79 Å². The average Bonchev–Trinajstić information content (AvgIpc) is 3.41. The lowest BCUT2D eigenvalue weighted by molar-refractivity contribution is -0.128. The standard InChI is InChI=1S/C30H38N8O/c1-2-28(39)38-18-17-36(20-24(38)9-13-31)29-25-8-7-23(37-16-12-21-5-3-4-6-27(21)37)19-26(25)34-30(35-29)33-22-10-14-32-15-11-22/h2-6,22-24,32H,1,7-12,14-20H2,(H,33,34,35)/t23?,24-/m0/s1. The molecule has 204 valence electrons. The van der Waals surface area contributed by atoms with Crippen LogP contribution in [0.2, 0.25) is 0 Å². The summed E-state index contributed by atoms with van der Waals surface area (Å²) < 4.78 is 0. The van der Waals surface area contributed by atoms with Gasteiger partial charge >= 0.3 is 0 Å². The molecule has 0 saturated carbocycles. The average molecular weight is 527 g/mol. The van der Waals surface area contributed by atoms with Crippen molar-refractivity contribution in [2.45, 2.75) is 63.1 Å². The molecule has 1 aromatic heterocycles. The van der Waals surface area contributed by atoms with Gasteiger partial charge in [0, 0.05) is 55.9 Å². The molecule has 6 rings (SSSR count). The Morgan fingerprint density at radius 1 is 1.15 bits per heavy atom. The number of hydrogen-bond acceptors (Lipinski definition) is 8. The molecule has 9 heteroatoms. The second kappa shape index (κ2) is 11.2. The first kappa shape index (κ1) is 25.6. The molecule has 0 spiro atoms. The maximum Gasteiger partial charge on any atom is 0.246 e. The van der Waals surface area contributed by atoms with Crippen LogP contribution < -0.4 is 20.4 Å². The van der Waals surface area contributed by atoms with Crippen LogP contribution >= 0.6 is 0 Å². The molecule has 0 bridgehead atoms. The van der Waals surface area contributed by atoms with Crippen molar-refractivity contribution in [3.05, 3.63) is 53.7 Å². The fourth-order valence-electron chi connectivity index (χ4n) is 6.80. The summed E-state index contributed by atoms with van der Waals surface area (Å²) in [5, 5.41) is 16.6. The summed E-state index contributed by atoms with van der Waals surface area (Å²) in [5.74, 6) is 1.58. The van der Waals surface area contributed by atoms with Crippen LogP contribution in [-0.2, 0) is 24.1 Å². The zero-order valence-corrected chi connectivity index (χ0v) is 22.6. The van der Waals surface area contributed by atoms with Gasteiger partial charge in [-0.2, -0.15) is 10.2 Å². The number of anilines is 3. The largest absolute Gasteiger partial charge is 0.368 e. The molecule has 0 radical (unpaired) electrons. The Kier molecular flexibility index (Phi) is 7.38. The Bertz CT molecular complexity index is 1270. The minimum atomic E-state index is -0.182. The van der Waals surface area contributed by atoms with Crippen molar-refractivity contribution in [2.24, 2.45) is 0 Å². The molecule has 2 aromatic rings. The summed E-state index contributed by atoms with van der Waals surface area (Å²) in [7, 11) is 0. The molecule has 9 nitrogen and oxygen atoms in total. The topological polar surface area (TPSA) is 100 Å². The predicted octanol–water partition coefficient (Wildman–Crippen LogP) is 2.68. The zero-order valence-electron chi connectivity index (χ0n) is 22.6. The molecular weight excluding hydrogens is 488 g/mol. The number of benzene rings is 1. The number of fused-ring (bicyclic) bond motifs is 2. The molecule has 1 amide bonds. The molecule has 4 aliphatic rings. The summed E-state index contributed by atoms with van der Waals surface area (Å²) >= 11 is 0. The molecule has 2 N–H and O–H groups in total. The van der Waals surface area contributed by atoms with Crippen molar-refractivity contribution in [3.8, 4) is 6.07 Å². The van der Waals surface area contributed by atoms with Crippen LogP contribution in [0.15, 0.2) is 36.9 Å². The lowest BCUT2D eigenvalue weighted by atomic mass is 9.90. The predicted molar refractivity (Wildman–Crippen MR) is 153 cm³/mol. The van der Waals surface area contributed by atoms with Gasteiger partial charge in [-0.1, -0.05) is 24.8 Å². The molecule has 4 heterocycles. The van der Waals surface area contributed by atoms with Gasteiger partial charge in [0.05, 0.1) is 24.2 Å². The highest BCUT2D eigenvalue weighted by molar-refractivity contribution is 5.87. The molecule has 39 heavy (non-hydrogen) atoms. The van der Waals surface area contributed by atoms with E-state index in [1.165, 1.54) is 22.9 Å². The van der Waals surface area contributed by atoms with Gasteiger partial charge in [-0.15, -0.1) is 0 Å². The van der Waals surface area contributed by atoms with Crippen LogP contribution in [-0.4, -0.2) is 78.2 Å². The van der Waals surface area contributed by atoms with Gasteiger partial charge in [0.15, 0.2) is 0 Å². The van der Waals surface area contributed by atoms with E-state index in [1.54, 1.807) is 4.90 Å². The lowest BCUT2D eigenvalue weighted by Gasteiger charge is -2.42. The minimum absolute atomic E-state index is 0.110. The highest BCUT2D eigenvalue weighted by atomic mass is 16.2. The highest BCUT2D eigenvalue weighted by Gasteiger charge is 2.35. The first-order chi connectivity index (χ1) is 19.1. The molecule has 1 unspecified atom stereocenters. The van der Waals surface area contributed by atoms with Crippen molar-refractivity contribution in [3.63, 3.8) is 0 Å². The number of amides is 1. The Morgan fingerprint density at radius 2 is 2.00 bits per heavy atom. The van der Waals surface area contributed by atoms with Crippen LogP contribution in [0.1, 0.15) is 42.5 Å². The molecule has 3 aliphatic heterocycles. The van der Waals surface area contributed by atoms with E-state index in [1.807, 2.05) is 0 Å². The molecular formula is C30H38N8O. The van der Waals surface area contributed by atoms with Gasteiger partial charge in [0.1, 0.15) is 5.82 Å². The second-order valence-electron chi connectivity index (χ2n) is 11.1. The summed E-state index contributed by atoms with van der Waals surface area (Å²) in [4.78, 5) is 29.4. The van der Waals surface area contributed by atoms with E-state index in [9.17, 15) is 10.1 Å². The maximum atomic E-state index is 12.5. The number of rotatable bonds is 6. The Morgan fingerprint density at radius 3 is 2.82 bits per heavy atom. The van der Waals surface area contributed by atoms with Gasteiger partial charge in [0.25, 0.3) is 0 Å². The SMILES string of the molecule is C=CC(=O)N1CCN(c2nc(NC3CCNCC3)nc3c2CCC(N2CCc4ccccc42)C3)C[C@@H]1CC#N. The number of hydrogen-bond donors (Lipinski definition) is 2. The van der Waals surface area contributed by atoms with Gasteiger partial charge in [-0.25, -0.2) is 4.98 Å². The summed E-state index contributed by atoms with van der Waals surface area (Å²) in [6.45, 7) is 8.55. The third-order valence-electron chi connectivity index (χ3n) is 8.83. The fourth-order valence-corrected chi connectivity index (χ4v) is 6.80. The number of nitrogens with one attached hydrogen (secondary N) is 2. The first-order valence-corrected chi connectivity index (χ1v) is 14.4. The summed E-state index contributed by atoms with van der Waals surface area (Å²) in [6.07, 6.45) is 7.74. The number of piperidine rings is 1. The highest BCUT2D eigenvalue weighted by Crippen LogP contribution is 2.37. The van der Waals surface area contributed by atoms with Crippen LogP contribution in [0.4, 0.5) is 17.5 Å². The number of piperazine rings is 1. The van der Waals surface area contributed by atoms with Crippen LogP contribution in [0.3, 0.4) is 0 Å². The Labute approximate surface area is 230 Å². The monoisotopic (exact) mass is 526 g/mol. The minimum Gasteiger partial charge on any atom is -0.368 e. The number of nitrogens with zero attached hydrogens (tertiary/aromatic N) is 6. The van der Waals surface area contributed by atoms with Crippen molar-refractivity contribution >= 4 is 23.4 Å². The van der Waals surface area contributed by atoms with E-state index in [0.717, 1.165) is 69.7 Å². The molecule has 2 saturated heterocycles. The fraction of sp³-hybridized carbons (Fsp3) is 0.533. The van der Waals surface area contributed by atoms with E-state index < -0.39 is 0 Å². The van der Waals surface area contributed by atoms with Crippen LogP contribution in [0, 0.1) is 11.3 Å². The number of carbonyl (C=O) groups is 1. The third kappa shape index (κ3) is 5.18. The van der Waals surface area contributed by atoms with Crippen molar-refractivity contribution in [1.29, 1.82) is 5.26 Å². The second-order valence-corrected chi connectivity index (χ2v) is 11.1. The van der Waals surface area contributed by atoms with E-state index in [2.05, 4.69) is 57.3 Å². The number of carbonyl (C=O) groups excluding carboxylic acids is 1.